The monoisotopic (exact) mass is 345 g/mol. The van der Waals surface area contributed by atoms with Gasteiger partial charge in [0.25, 0.3) is 5.91 Å². The summed E-state index contributed by atoms with van der Waals surface area (Å²) in [4.78, 5) is 21.0. The van der Waals surface area contributed by atoms with Gasteiger partial charge in [-0.05, 0) is 34.7 Å². The van der Waals surface area contributed by atoms with E-state index in [0.29, 0.717) is 12.2 Å². The standard InChI is InChI=1S/C22H23N3O/c1-22(2,3)18-11-9-17(10-12-18)19-7-4-8-20(25-19)21(26)24-15-16-6-5-13-23-14-16/h4-14H,15H2,1-3H3,(H,24,26). The Bertz CT molecular complexity index is 881. The lowest BCUT2D eigenvalue weighted by Crippen LogP contribution is -2.23. The average Bonchev–Trinajstić information content (AvgIpc) is 2.66. The summed E-state index contributed by atoms with van der Waals surface area (Å²) in [5.74, 6) is -0.193. The van der Waals surface area contributed by atoms with Crippen LogP contribution in [0.2, 0.25) is 0 Å². The second-order valence-electron chi connectivity index (χ2n) is 7.28. The van der Waals surface area contributed by atoms with E-state index in [0.717, 1.165) is 16.8 Å². The maximum atomic E-state index is 12.4. The van der Waals surface area contributed by atoms with Gasteiger partial charge in [0, 0.05) is 24.5 Å². The lowest BCUT2D eigenvalue weighted by Gasteiger charge is -2.19. The van der Waals surface area contributed by atoms with Crippen molar-refractivity contribution in [2.45, 2.75) is 32.7 Å². The van der Waals surface area contributed by atoms with Crippen LogP contribution in [-0.2, 0) is 12.0 Å². The Morgan fingerprint density at radius 2 is 1.77 bits per heavy atom. The highest BCUT2D eigenvalue weighted by Crippen LogP contribution is 2.25. The predicted octanol–water partition coefficient (Wildman–Crippen LogP) is 4.37. The van der Waals surface area contributed by atoms with Crippen LogP contribution in [0.5, 0.6) is 0 Å². The molecule has 0 fully saturated rings. The van der Waals surface area contributed by atoms with Gasteiger partial charge in [0.1, 0.15) is 5.69 Å². The summed E-state index contributed by atoms with van der Waals surface area (Å²) >= 11 is 0. The number of hydrogen-bond donors (Lipinski definition) is 1. The zero-order valence-electron chi connectivity index (χ0n) is 15.4. The summed E-state index contributed by atoms with van der Waals surface area (Å²) in [7, 11) is 0. The van der Waals surface area contributed by atoms with Crippen LogP contribution >= 0.6 is 0 Å². The molecule has 0 aliphatic heterocycles. The molecule has 2 aromatic heterocycles. The minimum atomic E-state index is -0.193. The lowest BCUT2D eigenvalue weighted by atomic mass is 9.86. The molecule has 0 atom stereocenters. The highest BCUT2D eigenvalue weighted by Gasteiger charge is 2.14. The van der Waals surface area contributed by atoms with E-state index in [1.165, 1.54) is 5.56 Å². The third-order valence-electron chi connectivity index (χ3n) is 4.20. The zero-order valence-corrected chi connectivity index (χ0v) is 15.4. The molecule has 2 heterocycles. The molecule has 0 bridgehead atoms. The topological polar surface area (TPSA) is 54.9 Å². The number of carbonyl (C=O) groups excluding carboxylic acids is 1. The summed E-state index contributed by atoms with van der Waals surface area (Å²) in [6, 6.07) is 17.6. The van der Waals surface area contributed by atoms with Crippen LogP contribution in [0, 0.1) is 0 Å². The molecular weight excluding hydrogens is 322 g/mol. The minimum Gasteiger partial charge on any atom is -0.347 e. The molecule has 0 unspecified atom stereocenters. The van der Waals surface area contributed by atoms with E-state index in [1.807, 2.05) is 24.3 Å². The van der Waals surface area contributed by atoms with Crippen LogP contribution in [0.25, 0.3) is 11.3 Å². The highest BCUT2D eigenvalue weighted by molar-refractivity contribution is 5.92. The van der Waals surface area contributed by atoms with E-state index in [4.69, 9.17) is 0 Å². The zero-order chi connectivity index (χ0) is 18.6. The molecule has 1 N–H and O–H groups in total. The molecule has 3 aromatic rings. The Balaban J connectivity index is 1.74. The average molecular weight is 345 g/mol. The normalized spacial score (nSPS) is 11.2. The molecule has 0 saturated heterocycles. The number of aromatic nitrogens is 2. The second-order valence-corrected chi connectivity index (χ2v) is 7.28. The number of nitrogens with one attached hydrogen (secondary N) is 1. The quantitative estimate of drug-likeness (QED) is 0.764. The van der Waals surface area contributed by atoms with Crippen LogP contribution in [0.15, 0.2) is 67.0 Å². The van der Waals surface area contributed by atoms with Crippen molar-refractivity contribution in [3.8, 4) is 11.3 Å². The van der Waals surface area contributed by atoms with Gasteiger partial charge in [0.2, 0.25) is 0 Å². The van der Waals surface area contributed by atoms with Crippen molar-refractivity contribution in [3.05, 3.63) is 83.8 Å². The lowest BCUT2D eigenvalue weighted by molar-refractivity contribution is 0.0946. The first-order chi connectivity index (χ1) is 12.4. The van der Waals surface area contributed by atoms with Crippen molar-refractivity contribution in [2.75, 3.05) is 0 Å². The summed E-state index contributed by atoms with van der Waals surface area (Å²) < 4.78 is 0. The Morgan fingerprint density at radius 3 is 2.42 bits per heavy atom. The Labute approximate surface area is 154 Å². The van der Waals surface area contributed by atoms with Gasteiger partial charge in [-0.2, -0.15) is 0 Å². The van der Waals surface area contributed by atoms with Crippen molar-refractivity contribution in [1.82, 2.24) is 15.3 Å². The van der Waals surface area contributed by atoms with Gasteiger partial charge in [-0.3, -0.25) is 9.78 Å². The van der Waals surface area contributed by atoms with E-state index in [1.54, 1.807) is 18.5 Å². The largest absolute Gasteiger partial charge is 0.347 e. The van der Waals surface area contributed by atoms with E-state index >= 15 is 0 Å². The fourth-order valence-electron chi connectivity index (χ4n) is 2.64. The summed E-state index contributed by atoms with van der Waals surface area (Å²) in [5.41, 5.74) is 4.53. The molecule has 0 radical (unpaired) electrons. The fraction of sp³-hybridized carbons (Fsp3) is 0.227. The van der Waals surface area contributed by atoms with Gasteiger partial charge in [-0.15, -0.1) is 0 Å². The first-order valence-corrected chi connectivity index (χ1v) is 8.68. The number of benzene rings is 1. The smallest absolute Gasteiger partial charge is 0.270 e. The van der Waals surface area contributed by atoms with Gasteiger partial charge in [0.15, 0.2) is 0 Å². The SMILES string of the molecule is CC(C)(C)c1ccc(-c2cccc(C(=O)NCc3cccnc3)n2)cc1. The van der Waals surface area contributed by atoms with Gasteiger partial charge < -0.3 is 5.32 Å². The molecule has 4 nitrogen and oxygen atoms in total. The van der Waals surface area contributed by atoms with E-state index < -0.39 is 0 Å². The number of nitrogens with zero attached hydrogens (tertiary/aromatic N) is 2. The summed E-state index contributed by atoms with van der Waals surface area (Å²) in [5, 5.41) is 2.88. The third kappa shape index (κ3) is 4.33. The van der Waals surface area contributed by atoms with Crippen LogP contribution in [0.3, 0.4) is 0 Å². The van der Waals surface area contributed by atoms with Crippen LogP contribution in [0.1, 0.15) is 42.4 Å². The molecule has 1 aromatic carbocycles. The van der Waals surface area contributed by atoms with Gasteiger partial charge in [-0.1, -0.05) is 57.2 Å². The molecule has 1 amide bonds. The summed E-state index contributed by atoms with van der Waals surface area (Å²) in [6.45, 7) is 6.99. The molecule has 132 valence electrons. The van der Waals surface area contributed by atoms with E-state index in [9.17, 15) is 4.79 Å². The molecule has 0 aliphatic rings. The maximum absolute atomic E-state index is 12.4. The van der Waals surface area contributed by atoms with Crippen molar-refractivity contribution >= 4 is 5.91 Å². The van der Waals surface area contributed by atoms with Crippen molar-refractivity contribution in [2.24, 2.45) is 0 Å². The van der Waals surface area contributed by atoms with Gasteiger partial charge in [0.05, 0.1) is 5.69 Å². The first kappa shape index (κ1) is 17.8. The Hall–Kier alpha value is -3.01. The molecule has 0 spiro atoms. The van der Waals surface area contributed by atoms with E-state index in [-0.39, 0.29) is 11.3 Å². The van der Waals surface area contributed by atoms with E-state index in [2.05, 4.69) is 60.3 Å². The van der Waals surface area contributed by atoms with Gasteiger partial charge in [-0.25, -0.2) is 4.98 Å². The highest BCUT2D eigenvalue weighted by atomic mass is 16.1. The maximum Gasteiger partial charge on any atom is 0.270 e. The number of rotatable bonds is 4. The first-order valence-electron chi connectivity index (χ1n) is 8.68. The number of carbonyl (C=O) groups is 1. The fourth-order valence-corrected chi connectivity index (χ4v) is 2.64. The number of pyridine rings is 2. The Morgan fingerprint density at radius 1 is 1.00 bits per heavy atom. The molecule has 0 saturated carbocycles. The van der Waals surface area contributed by atoms with Crippen LogP contribution < -0.4 is 5.32 Å². The number of amides is 1. The predicted molar refractivity (Wildman–Crippen MR) is 104 cm³/mol. The van der Waals surface area contributed by atoms with Crippen molar-refractivity contribution < 1.29 is 4.79 Å². The van der Waals surface area contributed by atoms with Crippen LogP contribution in [0.4, 0.5) is 0 Å². The minimum absolute atomic E-state index is 0.111. The molecule has 4 heteroatoms. The number of hydrogen-bond acceptors (Lipinski definition) is 3. The van der Waals surface area contributed by atoms with Crippen molar-refractivity contribution in [3.63, 3.8) is 0 Å². The van der Waals surface area contributed by atoms with Crippen LogP contribution in [-0.4, -0.2) is 15.9 Å². The molecule has 26 heavy (non-hydrogen) atoms. The molecule has 3 rings (SSSR count). The second kappa shape index (κ2) is 7.48. The van der Waals surface area contributed by atoms with Crippen molar-refractivity contribution in [1.29, 1.82) is 0 Å². The van der Waals surface area contributed by atoms with Gasteiger partial charge >= 0.3 is 0 Å². The summed E-state index contributed by atoms with van der Waals surface area (Å²) in [6.07, 6.45) is 3.45. The Kier molecular flexibility index (Phi) is 5.12. The third-order valence-corrected chi connectivity index (χ3v) is 4.20. The molecular formula is C22H23N3O. The molecule has 0 aliphatic carbocycles.